The SMILES string of the molecule is CCNCCCc1c(F)ccc2cc(OCOC)cc(-c3c(C(=O)O)cc4c(N5C[C@H]6CC[C@@H](C5)N6C(=O)OC(C)(C)C)nc(OCC(F)(F)F)nc4c3F)c12. The summed E-state index contributed by atoms with van der Waals surface area (Å²) in [5.41, 5.74) is -2.13. The van der Waals surface area contributed by atoms with E-state index >= 15 is 8.78 Å². The lowest BCUT2D eigenvalue weighted by molar-refractivity contribution is -0.154. The van der Waals surface area contributed by atoms with E-state index in [1.165, 1.54) is 31.4 Å². The van der Waals surface area contributed by atoms with Gasteiger partial charge in [-0.15, -0.1) is 0 Å². The van der Waals surface area contributed by atoms with Crippen molar-refractivity contribution in [3.8, 4) is 22.9 Å². The number of aromatic nitrogens is 2. The second kappa shape index (κ2) is 16.2. The van der Waals surface area contributed by atoms with Crippen LogP contribution in [-0.2, 0) is 15.9 Å². The second-order valence-corrected chi connectivity index (χ2v) is 14.8. The molecule has 2 bridgehead atoms. The third-order valence-corrected chi connectivity index (χ3v) is 9.66. The summed E-state index contributed by atoms with van der Waals surface area (Å²) in [7, 11) is 1.39. The highest BCUT2D eigenvalue weighted by Crippen LogP contribution is 2.44. The highest BCUT2D eigenvalue weighted by molar-refractivity contribution is 6.10. The molecule has 12 nitrogen and oxygen atoms in total. The average Bonchev–Trinajstić information content (AvgIpc) is 3.40. The zero-order valence-electron chi connectivity index (χ0n) is 31.7. The Morgan fingerprint density at radius 3 is 2.36 bits per heavy atom. The van der Waals surface area contributed by atoms with Gasteiger partial charge >= 0.3 is 24.2 Å². The highest BCUT2D eigenvalue weighted by atomic mass is 19.4. The standard InChI is InChI=1S/C39H44F5N5O7/c1-6-45-13-7-8-25-29(40)12-9-21-14-24(55-20-53-5)15-26(30(21)25)31-27(35(50)51)16-28-33(32(31)41)46-36(54-19-39(42,43)44)47-34(28)48-17-22-10-11-23(18-48)49(22)37(52)56-38(2,3)4/h9,12,14-16,22-23,45H,6-8,10-11,13,17-20H2,1-5H3,(H,50,51)/t22-,23+. The number of nitrogens with zero attached hydrogens (tertiary/aromatic N) is 4. The number of halogens is 5. The van der Waals surface area contributed by atoms with Gasteiger partial charge in [-0.1, -0.05) is 13.0 Å². The number of aryl methyl sites for hydroxylation is 1. The summed E-state index contributed by atoms with van der Waals surface area (Å²) in [6.45, 7) is 6.67. The number of anilines is 1. The van der Waals surface area contributed by atoms with Gasteiger partial charge in [0.15, 0.2) is 19.2 Å². The van der Waals surface area contributed by atoms with Gasteiger partial charge in [-0.25, -0.2) is 18.4 Å². The van der Waals surface area contributed by atoms with E-state index in [4.69, 9.17) is 18.9 Å². The first-order chi connectivity index (χ1) is 26.5. The lowest BCUT2D eigenvalue weighted by Gasteiger charge is -2.42. The van der Waals surface area contributed by atoms with Crippen molar-refractivity contribution >= 4 is 39.6 Å². The molecule has 302 valence electrons. The number of rotatable bonds is 13. The molecule has 0 spiro atoms. The predicted molar refractivity (Wildman–Crippen MR) is 197 cm³/mol. The first kappa shape index (κ1) is 40.6. The summed E-state index contributed by atoms with van der Waals surface area (Å²) >= 11 is 0. The number of piperazine rings is 1. The maximum Gasteiger partial charge on any atom is 0.422 e. The molecule has 0 saturated carbocycles. The molecule has 56 heavy (non-hydrogen) atoms. The maximum absolute atomic E-state index is 17.5. The average molecular weight is 790 g/mol. The minimum atomic E-state index is -4.79. The number of methoxy groups -OCH3 is 1. The third kappa shape index (κ3) is 8.68. The Balaban J connectivity index is 1.57. The number of hydrogen-bond donors (Lipinski definition) is 2. The molecule has 2 N–H and O–H groups in total. The zero-order valence-corrected chi connectivity index (χ0v) is 31.7. The van der Waals surface area contributed by atoms with Crippen molar-refractivity contribution in [2.24, 2.45) is 0 Å². The molecule has 0 aliphatic carbocycles. The number of hydrogen-bond acceptors (Lipinski definition) is 10. The van der Waals surface area contributed by atoms with Crippen LogP contribution in [0.25, 0.3) is 32.8 Å². The van der Waals surface area contributed by atoms with Gasteiger partial charge < -0.3 is 34.3 Å². The van der Waals surface area contributed by atoms with Crippen LogP contribution in [0.1, 0.15) is 62.9 Å². The summed E-state index contributed by atoms with van der Waals surface area (Å²) in [5, 5.41) is 14.4. The van der Waals surface area contributed by atoms with Gasteiger partial charge in [-0.3, -0.25) is 4.90 Å². The van der Waals surface area contributed by atoms with Crippen molar-refractivity contribution < 1.29 is 55.6 Å². The van der Waals surface area contributed by atoms with Crippen LogP contribution in [0.5, 0.6) is 11.8 Å². The highest BCUT2D eigenvalue weighted by Gasteiger charge is 2.45. The van der Waals surface area contributed by atoms with Crippen molar-refractivity contribution in [1.82, 2.24) is 20.2 Å². The summed E-state index contributed by atoms with van der Waals surface area (Å²) in [4.78, 5) is 38.0. The topological polar surface area (TPSA) is 136 Å². The summed E-state index contributed by atoms with van der Waals surface area (Å²) in [5.74, 6) is -3.25. The zero-order chi connectivity index (χ0) is 40.5. The Hall–Kier alpha value is -5.03. The number of amides is 1. The fourth-order valence-corrected chi connectivity index (χ4v) is 7.47. The van der Waals surface area contributed by atoms with Gasteiger partial charge in [-0.2, -0.15) is 23.1 Å². The van der Waals surface area contributed by atoms with Crippen molar-refractivity contribution in [2.75, 3.05) is 51.6 Å². The van der Waals surface area contributed by atoms with Crippen LogP contribution < -0.4 is 19.7 Å². The van der Waals surface area contributed by atoms with Crippen molar-refractivity contribution in [3.63, 3.8) is 0 Å². The number of alkyl halides is 3. The van der Waals surface area contributed by atoms with Crippen molar-refractivity contribution in [2.45, 2.75) is 77.2 Å². The van der Waals surface area contributed by atoms with E-state index in [1.54, 1.807) is 36.6 Å². The van der Waals surface area contributed by atoms with Gasteiger partial charge in [-0.05, 0) is 106 Å². The Labute approximate surface area is 319 Å². The van der Waals surface area contributed by atoms with Crippen LogP contribution in [0.4, 0.5) is 32.6 Å². The molecule has 2 atom stereocenters. The summed E-state index contributed by atoms with van der Waals surface area (Å²) in [6.07, 6.45) is -3.43. The number of benzene rings is 3. The van der Waals surface area contributed by atoms with E-state index in [9.17, 15) is 27.9 Å². The van der Waals surface area contributed by atoms with Crippen LogP contribution in [0, 0.1) is 11.6 Å². The van der Waals surface area contributed by atoms with Crippen LogP contribution in [0.3, 0.4) is 0 Å². The first-order valence-corrected chi connectivity index (χ1v) is 18.3. The van der Waals surface area contributed by atoms with Gasteiger partial charge in [0.25, 0.3) is 0 Å². The van der Waals surface area contributed by atoms with Gasteiger partial charge in [0.2, 0.25) is 0 Å². The third-order valence-electron chi connectivity index (χ3n) is 9.66. The van der Waals surface area contributed by atoms with Crippen LogP contribution >= 0.6 is 0 Å². The molecule has 4 aromatic rings. The number of carbonyl (C=O) groups excluding carboxylic acids is 1. The maximum atomic E-state index is 17.5. The minimum Gasteiger partial charge on any atom is -0.478 e. The number of nitrogens with one attached hydrogen (secondary N) is 1. The fourth-order valence-electron chi connectivity index (χ4n) is 7.47. The normalized spacial score (nSPS) is 17.2. The first-order valence-electron chi connectivity index (χ1n) is 18.3. The monoisotopic (exact) mass is 789 g/mol. The summed E-state index contributed by atoms with van der Waals surface area (Å²) < 4.78 is 94.8. The minimum absolute atomic E-state index is 0.0368. The van der Waals surface area contributed by atoms with E-state index in [-0.39, 0.29) is 59.8 Å². The summed E-state index contributed by atoms with van der Waals surface area (Å²) in [6, 6.07) is 5.30. The van der Waals surface area contributed by atoms with E-state index in [1.807, 2.05) is 6.92 Å². The number of ether oxygens (including phenoxy) is 4. The number of aromatic carboxylic acids is 1. The van der Waals surface area contributed by atoms with Gasteiger partial charge in [0.05, 0.1) is 17.6 Å². The molecule has 1 aromatic heterocycles. The van der Waals surface area contributed by atoms with Crippen LogP contribution in [0.2, 0.25) is 0 Å². The lowest BCUT2D eigenvalue weighted by atomic mass is 9.88. The molecule has 0 radical (unpaired) electrons. The number of carboxylic acids is 1. The molecule has 2 saturated heterocycles. The molecule has 2 fully saturated rings. The van der Waals surface area contributed by atoms with E-state index in [0.29, 0.717) is 37.7 Å². The quantitative estimate of drug-likeness (QED) is 0.0793. The smallest absolute Gasteiger partial charge is 0.422 e. The Morgan fingerprint density at radius 1 is 1.02 bits per heavy atom. The number of carbonyl (C=O) groups is 2. The van der Waals surface area contributed by atoms with Gasteiger partial charge in [0, 0.05) is 31.1 Å². The van der Waals surface area contributed by atoms with Crippen molar-refractivity contribution in [1.29, 1.82) is 0 Å². The molecular weight excluding hydrogens is 745 g/mol. The van der Waals surface area contributed by atoms with Gasteiger partial charge in [0.1, 0.15) is 28.5 Å². The van der Waals surface area contributed by atoms with Crippen LogP contribution in [-0.4, -0.2) is 103 Å². The molecule has 6 rings (SSSR count). The Morgan fingerprint density at radius 2 is 1.73 bits per heavy atom. The molecule has 2 aliphatic heterocycles. The molecule has 3 aromatic carbocycles. The predicted octanol–water partition coefficient (Wildman–Crippen LogP) is 7.48. The lowest BCUT2D eigenvalue weighted by Crippen LogP contribution is -2.57. The fraction of sp³-hybridized carbons (Fsp3) is 0.487. The largest absolute Gasteiger partial charge is 0.478 e. The molecule has 2 aliphatic rings. The second-order valence-electron chi connectivity index (χ2n) is 14.8. The van der Waals surface area contributed by atoms with E-state index in [2.05, 4.69) is 15.3 Å². The molecule has 1 amide bonds. The molecular formula is C39H44F5N5O7. The molecule has 3 heterocycles. The number of fused-ring (bicyclic) bond motifs is 4. The molecule has 17 heteroatoms. The van der Waals surface area contributed by atoms with E-state index < -0.39 is 76.8 Å². The van der Waals surface area contributed by atoms with Crippen LogP contribution in [0.15, 0.2) is 30.3 Å². The Bertz CT molecular complexity index is 2110. The number of carboxylic acid groups (broad SMARTS) is 1. The van der Waals surface area contributed by atoms with Crippen molar-refractivity contribution in [3.05, 3.63) is 53.1 Å². The van der Waals surface area contributed by atoms with E-state index in [0.717, 1.165) is 0 Å². The molecule has 0 unspecified atom stereocenters. The Kier molecular flexibility index (Phi) is 11.8.